The van der Waals surface area contributed by atoms with E-state index in [1.807, 2.05) is 0 Å². The van der Waals surface area contributed by atoms with Gasteiger partial charge < -0.3 is 18.9 Å². The van der Waals surface area contributed by atoms with Crippen LogP contribution in [0.15, 0.2) is 0 Å². The molecule has 10 heteroatoms. The van der Waals surface area contributed by atoms with Crippen molar-refractivity contribution >= 4 is 24.1 Å². The summed E-state index contributed by atoms with van der Waals surface area (Å²) in [5, 5.41) is 0. The largest absolute Gasteiger partial charge is 0.467 e. The number of carbonyl (C=O) groups is 4. The lowest BCUT2D eigenvalue weighted by Gasteiger charge is -2.33. The Morgan fingerprint density at radius 3 is 1.68 bits per heavy atom. The van der Waals surface area contributed by atoms with Gasteiger partial charge in [-0.05, 0) is 48.5 Å². The van der Waals surface area contributed by atoms with Crippen molar-refractivity contribution in [3.8, 4) is 0 Å². The SMILES string of the molecule is CCOC(=O)C1(F)C[C@@]1(C(=O)OC)N(C(=O)OC(C)(C)C)C(=O)OC(C)(C)C. The number of ether oxygens (including phenoxy) is 4. The van der Waals surface area contributed by atoms with Gasteiger partial charge in [-0.2, -0.15) is 4.90 Å². The van der Waals surface area contributed by atoms with E-state index in [9.17, 15) is 19.2 Å². The molecule has 160 valence electrons. The zero-order valence-corrected chi connectivity index (χ0v) is 17.5. The molecule has 1 aliphatic carbocycles. The Bertz CT molecular complexity index is 637. The number of rotatable bonds is 4. The number of imide groups is 1. The second-order valence-corrected chi connectivity index (χ2v) is 8.35. The normalized spacial score (nSPS) is 24.0. The third-order valence-corrected chi connectivity index (χ3v) is 3.69. The molecule has 0 radical (unpaired) electrons. The number of nitrogens with zero attached hydrogens (tertiary/aromatic N) is 1. The topological polar surface area (TPSA) is 108 Å². The summed E-state index contributed by atoms with van der Waals surface area (Å²) in [5.74, 6) is -2.70. The van der Waals surface area contributed by atoms with Crippen molar-refractivity contribution in [1.82, 2.24) is 4.90 Å². The molecule has 0 saturated heterocycles. The molecular weight excluding hydrogens is 377 g/mol. The summed E-state index contributed by atoms with van der Waals surface area (Å²) in [6.07, 6.45) is -3.53. The predicted molar refractivity (Wildman–Crippen MR) is 94.1 cm³/mol. The second kappa shape index (κ2) is 7.56. The van der Waals surface area contributed by atoms with Crippen LogP contribution in [0.4, 0.5) is 14.0 Å². The highest BCUT2D eigenvalue weighted by Crippen LogP contribution is 2.57. The van der Waals surface area contributed by atoms with Crippen LogP contribution >= 0.6 is 0 Å². The van der Waals surface area contributed by atoms with Crippen molar-refractivity contribution < 1.29 is 42.5 Å². The van der Waals surface area contributed by atoms with Crippen LogP contribution < -0.4 is 0 Å². The minimum atomic E-state index is -2.98. The van der Waals surface area contributed by atoms with Crippen LogP contribution in [0.3, 0.4) is 0 Å². The highest BCUT2D eigenvalue weighted by atomic mass is 19.1. The van der Waals surface area contributed by atoms with Crippen LogP contribution in [0.25, 0.3) is 0 Å². The van der Waals surface area contributed by atoms with E-state index in [2.05, 4.69) is 9.47 Å². The molecule has 0 N–H and O–H groups in total. The summed E-state index contributed by atoms with van der Waals surface area (Å²) in [7, 11) is 0.941. The molecule has 2 atom stereocenters. The maximum absolute atomic E-state index is 15.4. The summed E-state index contributed by atoms with van der Waals surface area (Å²) in [5.41, 5.74) is -7.72. The van der Waals surface area contributed by atoms with E-state index < -0.39 is 53.0 Å². The van der Waals surface area contributed by atoms with Crippen LogP contribution in [-0.2, 0) is 28.5 Å². The summed E-state index contributed by atoms with van der Waals surface area (Å²) in [6, 6.07) is 0. The number of esters is 2. The summed E-state index contributed by atoms with van der Waals surface area (Å²) >= 11 is 0. The molecule has 0 aromatic heterocycles. The van der Waals surface area contributed by atoms with E-state index in [-0.39, 0.29) is 11.5 Å². The first-order valence-corrected chi connectivity index (χ1v) is 8.76. The Morgan fingerprint density at radius 2 is 1.36 bits per heavy atom. The third-order valence-electron chi connectivity index (χ3n) is 3.69. The maximum atomic E-state index is 15.4. The highest BCUT2D eigenvalue weighted by Gasteiger charge is 2.86. The van der Waals surface area contributed by atoms with E-state index in [1.54, 1.807) is 0 Å². The van der Waals surface area contributed by atoms with Crippen LogP contribution in [-0.4, -0.2) is 65.2 Å². The molecule has 0 aromatic rings. The Labute approximate surface area is 163 Å². The van der Waals surface area contributed by atoms with Gasteiger partial charge in [0.1, 0.15) is 11.2 Å². The first-order valence-electron chi connectivity index (χ1n) is 8.76. The molecule has 0 bridgehead atoms. The van der Waals surface area contributed by atoms with Gasteiger partial charge in [0, 0.05) is 6.42 Å². The number of halogens is 1. The molecule has 9 nitrogen and oxygen atoms in total. The van der Waals surface area contributed by atoms with E-state index in [0.29, 0.717) is 0 Å². The standard InChI is InChI=1S/C18H28FNO8/c1-9-26-11(21)17(19)10-18(17,12(22)25-8)20(13(23)27-15(2,3)4)14(24)28-16(5,6)7/h9-10H2,1-8H3/t17?,18-/m0/s1. The molecule has 1 saturated carbocycles. The zero-order valence-electron chi connectivity index (χ0n) is 17.5. The van der Waals surface area contributed by atoms with Crippen LogP contribution in [0.2, 0.25) is 0 Å². The maximum Gasteiger partial charge on any atom is 0.421 e. The zero-order chi connectivity index (χ0) is 22.1. The average molecular weight is 405 g/mol. The lowest BCUT2D eigenvalue weighted by atomic mass is 10.1. The molecule has 0 spiro atoms. The average Bonchev–Trinajstić information content (AvgIpc) is 3.11. The molecule has 1 unspecified atom stereocenters. The lowest BCUT2D eigenvalue weighted by molar-refractivity contribution is -0.161. The quantitative estimate of drug-likeness (QED) is 0.519. The lowest BCUT2D eigenvalue weighted by Crippen LogP contribution is -2.58. The van der Waals surface area contributed by atoms with Crippen molar-refractivity contribution in [2.75, 3.05) is 13.7 Å². The molecule has 0 heterocycles. The smallest absolute Gasteiger partial charge is 0.421 e. The number of carbonyl (C=O) groups excluding carboxylic acids is 4. The Kier molecular flexibility index (Phi) is 6.38. The van der Waals surface area contributed by atoms with E-state index in [1.165, 1.54) is 48.5 Å². The van der Waals surface area contributed by atoms with Crippen LogP contribution in [0.1, 0.15) is 54.9 Å². The number of methoxy groups -OCH3 is 1. The van der Waals surface area contributed by atoms with Gasteiger partial charge in [0.05, 0.1) is 13.7 Å². The fourth-order valence-corrected chi connectivity index (χ4v) is 2.55. The Balaban J connectivity index is 3.50. The van der Waals surface area contributed by atoms with Crippen molar-refractivity contribution in [3.05, 3.63) is 0 Å². The Morgan fingerprint density at radius 1 is 0.929 bits per heavy atom. The van der Waals surface area contributed by atoms with Gasteiger partial charge in [-0.3, -0.25) is 0 Å². The fourth-order valence-electron chi connectivity index (χ4n) is 2.55. The highest BCUT2D eigenvalue weighted by molar-refractivity contribution is 6.07. The molecule has 28 heavy (non-hydrogen) atoms. The van der Waals surface area contributed by atoms with E-state index >= 15 is 4.39 Å². The van der Waals surface area contributed by atoms with Gasteiger partial charge in [0.15, 0.2) is 0 Å². The van der Waals surface area contributed by atoms with Gasteiger partial charge >= 0.3 is 24.1 Å². The van der Waals surface area contributed by atoms with E-state index in [0.717, 1.165) is 7.11 Å². The van der Waals surface area contributed by atoms with Crippen molar-refractivity contribution in [1.29, 1.82) is 0 Å². The third kappa shape index (κ3) is 4.53. The molecular formula is C18H28FNO8. The van der Waals surface area contributed by atoms with Crippen molar-refractivity contribution in [2.24, 2.45) is 0 Å². The summed E-state index contributed by atoms with van der Waals surface area (Å²) < 4.78 is 35.0. The Hall–Kier alpha value is -2.39. The van der Waals surface area contributed by atoms with Gasteiger partial charge in [0.25, 0.3) is 0 Å². The number of hydrogen-bond acceptors (Lipinski definition) is 8. The number of hydrogen-bond donors (Lipinski definition) is 0. The molecule has 1 fully saturated rings. The fraction of sp³-hybridized carbons (Fsp3) is 0.778. The number of alkyl halides is 1. The summed E-state index contributed by atoms with van der Waals surface area (Å²) in [6.45, 7) is 10.4. The minimum absolute atomic E-state index is 0.166. The number of amides is 2. The van der Waals surface area contributed by atoms with Crippen molar-refractivity contribution in [2.45, 2.75) is 77.3 Å². The minimum Gasteiger partial charge on any atom is -0.467 e. The van der Waals surface area contributed by atoms with Gasteiger partial charge in [-0.15, -0.1) is 0 Å². The van der Waals surface area contributed by atoms with Crippen LogP contribution in [0.5, 0.6) is 0 Å². The van der Waals surface area contributed by atoms with Crippen LogP contribution in [0, 0.1) is 0 Å². The molecule has 1 rings (SSSR count). The monoisotopic (exact) mass is 405 g/mol. The molecule has 1 aliphatic rings. The van der Waals surface area contributed by atoms with Crippen molar-refractivity contribution in [3.63, 3.8) is 0 Å². The second-order valence-electron chi connectivity index (χ2n) is 8.35. The summed E-state index contributed by atoms with van der Waals surface area (Å²) in [4.78, 5) is 50.3. The first kappa shape index (κ1) is 23.6. The molecule has 0 aliphatic heterocycles. The van der Waals surface area contributed by atoms with Gasteiger partial charge in [0.2, 0.25) is 11.2 Å². The molecule has 0 aromatic carbocycles. The van der Waals surface area contributed by atoms with E-state index in [4.69, 9.17) is 9.47 Å². The predicted octanol–water partition coefficient (Wildman–Crippen LogP) is 2.75. The first-order chi connectivity index (χ1) is 12.6. The molecule has 2 amide bonds. The van der Waals surface area contributed by atoms with Gasteiger partial charge in [-0.25, -0.2) is 23.6 Å². The van der Waals surface area contributed by atoms with Gasteiger partial charge in [-0.1, -0.05) is 0 Å².